The summed E-state index contributed by atoms with van der Waals surface area (Å²) in [5, 5.41) is 0. The Hall–Kier alpha value is -2.04. The summed E-state index contributed by atoms with van der Waals surface area (Å²) in [7, 11) is 0. The van der Waals surface area contributed by atoms with Gasteiger partial charge in [-0.2, -0.15) is 0 Å². The lowest BCUT2D eigenvalue weighted by Gasteiger charge is -2.39. The van der Waals surface area contributed by atoms with E-state index in [9.17, 15) is 9.59 Å². The van der Waals surface area contributed by atoms with Crippen LogP contribution < -0.4 is 4.90 Å². The largest absolute Gasteiger partial charge is 0.368 e. The van der Waals surface area contributed by atoms with Gasteiger partial charge >= 0.3 is 0 Å². The Morgan fingerprint density at radius 3 is 1.68 bits per heavy atom. The number of hydrogen-bond acceptors (Lipinski definition) is 3. The maximum atomic E-state index is 13.0. The highest BCUT2D eigenvalue weighted by atomic mass is 16.2. The summed E-state index contributed by atoms with van der Waals surface area (Å²) < 4.78 is 0. The molecule has 5 nitrogen and oxygen atoms in total. The second-order valence-electron chi connectivity index (χ2n) is 8.58. The Balaban J connectivity index is 1.24. The molecule has 2 heterocycles. The third-order valence-corrected chi connectivity index (χ3v) is 6.81. The van der Waals surface area contributed by atoms with Crippen LogP contribution in [0.4, 0.5) is 5.69 Å². The normalized spacial score (nSPS) is 26.2. The van der Waals surface area contributed by atoms with Crippen molar-refractivity contribution in [3.63, 3.8) is 0 Å². The molecule has 1 aliphatic carbocycles. The van der Waals surface area contributed by atoms with Crippen LogP contribution in [0, 0.1) is 11.8 Å². The van der Waals surface area contributed by atoms with Gasteiger partial charge in [0.1, 0.15) is 0 Å². The summed E-state index contributed by atoms with van der Waals surface area (Å²) in [5.41, 5.74) is 1.24. The fourth-order valence-corrected chi connectivity index (χ4v) is 5.04. The van der Waals surface area contributed by atoms with Crippen LogP contribution in [0.25, 0.3) is 0 Å². The number of para-hydroxylation sites is 1. The summed E-state index contributed by atoms with van der Waals surface area (Å²) in [6.45, 7) is 5.28. The summed E-state index contributed by atoms with van der Waals surface area (Å²) >= 11 is 0. The van der Waals surface area contributed by atoms with Crippen molar-refractivity contribution >= 4 is 17.5 Å². The van der Waals surface area contributed by atoms with Gasteiger partial charge in [0.2, 0.25) is 11.8 Å². The molecular weight excluding hydrogens is 350 g/mol. The number of benzene rings is 1. The third kappa shape index (κ3) is 4.34. The van der Waals surface area contributed by atoms with Gasteiger partial charge in [0, 0.05) is 56.8 Å². The highest BCUT2D eigenvalue weighted by molar-refractivity contribution is 5.81. The molecule has 28 heavy (non-hydrogen) atoms. The van der Waals surface area contributed by atoms with Crippen LogP contribution in [0.5, 0.6) is 0 Å². The predicted molar refractivity (Wildman–Crippen MR) is 111 cm³/mol. The molecule has 0 bridgehead atoms. The number of piperidine rings is 1. The molecule has 0 atom stereocenters. The first-order valence-corrected chi connectivity index (χ1v) is 11.1. The van der Waals surface area contributed by atoms with E-state index in [1.165, 1.54) is 12.1 Å². The standard InChI is InChI=1S/C23H33N3O2/c27-22(25-13-5-2-6-14-25)19-9-11-20(12-10-19)23(28)26-17-15-24(16-18-26)21-7-3-1-4-8-21/h1,3-4,7-8,19-20H,2,5-6,9-18H2. The molecule has 4 rings (SSSR count). The summed E-state index contributed by atoms with van der Waals surface area (Å²) in [6.07, 6.45) is 7.07. The number of nitrogens with zero attached hydrogens (tertiary/aromatic N) is 3. The van der Waals surface area contributed by atoms with Gasteiger partial charge in [0.15, 0.2) is 0 Å². The molecule has 1 aromatic carbocycles. The van der Waals surface area contributed by atoms with Crippen molar-refractivity contribution in [2.75, 3.05) is 44.2 Å². The van der Waals surface area contributed by atoms with Gasteiger partial charge in [-0.3, -0.25) is 9.59 Å². The average Bonchev–Trinajstić information content (AvgIpc) is 2.79. The smallest absolute Gasteiger partial charge is 0.225 e. The van der Waals surface area contributed by atoms with Gasteiger partial charge in [-0.25, -0.2) is 0 Å². The van der Waals surface area contributed by atoms with Gasteiger partial charge in [0.25, 0.3) is 0 Å². The summed E-state index contributed by atoms with van der Waals surface area (Å²) in [6, 6.07) is 10.4. The Bertz CT molecular complexity index is 656. The zero-order valence-electron chi connectivity index (χ0n) is 16.9. The van der Waals surface area contributed by atoms with Crippen molar-refractivity contribution in [2.45, 2.75) is 44.9 Å². The monoisotopic (exact) mass is 383 g/mol. The molecule has 1 saturated carbocycles. The maximum absolute atomic E-state index is 13.0. The molecule has 2 amide bonds. The number of piperazine rings is 1. The van der Waals surface area contributed by atoms with Crippen LogP contribution in [-0.4, -0.2) is 60.9 Å². The van der Waals surface area contributed by atoms with Gasteiger partial charge in [-0.05, 0) is 57.1 Å². The van der Waals surface area contributed by atoms with Crippen molar-refractivity contribution in [1.82, 2.24) is 9.80 Å². The zero-order chi connectivity index (χ0) is 19.3. The Kier molecular flexibility index (Phi) is 6.18. The molecule has 2 saturated heterocycles. The van der Waals surface area contributed by atoms with Crippen LogP contribution in [0.3, 0.4) is 0 Å². The number of hydrogen-bond donors (Lipinski definition) is 0. The molecule has 0 spiro atoms. The molecule has 2 aliphatic heterocycles. The topological polar surface area (TPSA) is 43.9 Å². The third-order valence-electron chi connectivity index (χ3n) is 6.81. The lowest BCUT2D eigenvalue weighted by Crippen LogP contribution is -2.51. The van der Waals surface area contributed by atoms with E-state index in [0.717, 1.165) is 77.8 Å². The average molecular weight is 384 g/mol. The number of anilines is 1. The second-order valence-corrected chi connectivity index (χ2v) is 8.58. The number of likely N-dealkylation sites (tertiary alicyclic amines) is 1. The minimum atomic E-state index is 0.119. The van der Waals surface area contributed by atoms with E-state index in [1.54, 1.807) is 0 Å². The highest BCUT2D eigenvalue weighted by Crippen LogP contribution is 2.32. The lowest BCUT2D eigenvalue weighted by atomic mass is 9.80. The van der Waals surface area contributed by atoms with Crippen LogP contribution in [0.2, 0.25) is 0 Å². The van der Waals surface area contributed by atoms with E-state index in [4.69, 9.17) is 0 Å². The first-order valence-electron chi connectivity index (χ1n) is 11.1. The van der Waals surface area contributed by atoms with Crippen molar-refractivity contribution in [2.24, 2.45) is 11.8 Å². The Morgan fingerprint density at radius 1 is 0.643 bits per heavy atom. The van der Waals surface area contributed by atoms with E-state index < -0.39 is 0 Å². The maximum Gasteiger partial charge on any atom is 0.225 e. The zero-order valence-corrected chi connectivity index (χ0v) is 16.9. The molecule has 5 heteroatoms. The van der Waals surface area contributed by atoms with Gasteiger partial charge in [-0.15, -0.1) is 0 Å². The van der Waals surface area contributed by atoms with E-state index in [2.05, 4.69) is 39.0 Å². The molecule has 3 aliphatic rings. The fraction of sp³-hybridized carbons (Fsp3) is 0.652. The van der Waals surface area contributed by atoms with E-state index in [0.29, 0.717) is 11.8 Å². The summed E-state index contributed by atoms with van der Waals surface area (Å²) in [4.78, 5) is 32.2. The van der Waals surface area contributed by atoms with Crippen molar-refractivity contribution in [1.29, 1.82) is 0 Å². The fourth-order valence-electron chi connectivity index (χ4n) is 5.04. The van der Waals surface area contributed by atoms with Gasteiger partial charge < -0.3 is 14.7 Å². The molecule has 0 unspecified atom stereocenters. The van der Waals surface area contributed by atoms with Crippen LogP contribution in [0.15, 0.2) is 30.3 Å². The predicted octanol–water partition coefficient (Wildman–Crippen LogP) is 3.15. The molecule has 0 aromatic heterocycles. The molecular formula is C23H33N3O2. The molecule has 3 fully saturated rings. The van der Waals surface area contributed by atoms with E-state index >= 15 is 0 Å². The second kappa shape index (κ2) is 8.97. The quantitative estimate of drug-likeness (QED) is 0.805. The molecule has 0 radical (unpaired) electrons. The van der Waals surface area contributed by atoms with Crippen molar-refractivity contribution < 1.29 is 9.59 Å². The van der Waals surface area contributed by atoms with Crippen LogP contribution in [-0.2, 0) is 9.59 Å². The number of carbonyl (C=O) groups is 2. The first kappa shape index (κ1) is 19.3. The molecule has 152 valence electrons. The highest BCUT2D eigenvalue weighted by Gasteiger charge is 2.34. The summed E-state index contributed by atoms with van der Waals surface area (Å²) in [5.74, 6) is 0.935. The number of carbonyl (C=O) groups excluding carboxylic acids is 2. The van der Waals surface area contributed by atoms with Gasteiger partial charge in [0.05, 0.1) is 0 Å². The molecule has 1 aromatic rings. The number of amides is 2. The van der Waals surface area contributed by atoms with Crippen LogP contribution >= 0.6 is 0 Å². The lowest BCUT2D eigenvalue weighted by molar-refractivity contribution is -0.142. The first-order chi connectivity index (χ1) is 13.7. The van der Waals surface area contributed by atoms with Crippen LogP contribution in [0.1, 0.15) is 44.9 Å². The van der Waals surface area contributed by atoms with E-state index in [1.807, 2.05) is 6.07 Å². The number of rotatable bonds is 3. The SMILES string of the molecule is O=C(C1CCC(C(=O)N2CCN(c3ccccc3)CC2)CC1)N1CCCCC1. The minimum absolute atomic E-state index is 0.119. The molecule has 0 N–H and O–H groups in total. The Morgan fingerprint density at radius 2 is 1.14 bits per heavy atom. The van der Waals surface area contributed by atoms with E-state index in [-0.39, 0.29) is 11.8 Å². The van der Waals surface area contributed by atoms with Crippen molar-refractivity contribution in [3.05, 3.63) is 30.3 Å². The minimum Gasteiger partial charge on any atom is -0.368 e. The van der Waals surface area contributed by atoms with Gasteiger partial charge in [-0.1, -0.05) is 18.2 Å². The Labute approximate surface area is 168 Å². The van der Waals surface area contributed by atoms with Crippen molar-refractivity contribution in [3.8, 4) is 0 Å².